The SMILES string of the molecule is CCOC(=O)C(O)C(=O)CN. The minimum absolute atomic E-state index is 0.133. The number of nitrogens with two attached hydrogens (primary N) is 1. The molecule has 0 amide bonds. The monoisotopic (exact) mass is 161 g/mol. The molecule has 11 heavy (non-hydrogen) atoms. The lowest BCUT2D eigenvalue weighted by Crippen LogP contribution is -2.35. The maximum absolute atomic E-state index is 10.6. The third-order valence-electron chi connectivity index (χ3n) is 1.02. The summed E-state index contributed by atoms with van der Waals surface area (Å²) in [7, 11) is 0. The van der Waals surface area contributed by atoms with E-state index in [1.165, 1.54) is 0 Å². The molecule has 0 aliphatic rings. The molecule has 3 N–H and O–H groups in total. The third-order valence-corrected chi connectivity index (χ3v) is 1.02. The van der Waals surface area contributed by atoms with Gasteiger partial charge in [0.25, 0.3) is 0 Å². The van der Waals surface area contributed by atoms with Gasteiger partial charge in [0.15, 0.2) is 5.78 Å². The predicted molar refractivity (Wildman–Crippen MR) is 36.7 cm³/mol. The summed E-state index contributed by atoms with van der Waals surface area (Å²) in [5, 5.41) is 8.81. The topological polar surface area (TPSA) is 89.6 Å². The standard InChI is InChI=1S/C6H11NO4/c1-2-11-6(10)5(9)4(8)3-7/h5,9H,2-3,7H2,1H3. The van der Waals surface area contributed by atoms with Crippen molar-refractivity contribution >= 4 is 11.8 Å². The highest BCUT2D eigenvalue weighted by Crippen LogP contribution is 1.89. The number of carbonyl (C=O) groups excluding carboxylic acids is 2. The Morgan fingerprint density at radius 3 is 2.55 bits per heavy atom. The maximum atomic E-state index is 10.6. The molecule has 1 unspecified atom stereocenters. The van der Waals surface area contributed by atoms with Crippen molar-refractivity contribution in [3.8, 4) is 0 Å². The van der Waals surface area contributed by atoms with E-state index in [4.69, 9.17) is 10.8 Å². The van der Waals surface area contributed by atoms with Crippen molar-refractivity contribution in [2.24, 2.45) is 5.73 Å². The van der Waals surface area contributed by atoms with Crippen LogP contribution in [0.2, 0.25) is 0 Å². The lowest BCUT2D eigenvalue weighted by atomic mass is 10.2. The number of aliphatic hydroxyl groups is 1. The average Bonchev–Trinajstić information content (AvgIpc) is 2.02. The van der Waals surface area contributed by atoms with E-state index in [1.807, 2.05) is 0 Å². The number of rotatable bonds is 4. The fourth-order valence-electron chi connectivity index (χ4n) is 0.464. The van der Waals surface area contributed by atoms with Gasteiger partial charge in [0.1, 0.15) is 0 Å². The highest BCUT2D eigenvalue weighted by Gasteiger charge is 2.22. The normalized spacial score (nSPS) is 12.3. The molecule has 0 aromatic carbocycles. The van der Waals surface area contributed by atoms with Gasteiger partial charge in [-0.2, -0.15) is 0 Å². The van der Waals surface area contributed by atoms with Crippen LogP contribution in [0.1, 0.15) is 6.92 Å². The van der Waals surface area contributed by atoms with Crippen molar-refractivity contribution in [2.75, 3.05) is 13.2 Å². The molecule has 0 aliphatic heterocycles. The lowest BCUT2D eigenvalue weighted by Gasteiger charge is -2.05. The van der Waals surface area contributed by atoms with Crippen LogP contribution >= 0.6 is 0 Å². The first-order valence-corrected chi connectivity index (χ1v) is 3.21. The Morgan fingerprint density at radius 2 is 2.18 bits per heavy atom. The Balaban J connectivity index is 3.91. The zero-order chi connectivity index (χ0) is 8.85. The lowest BCUT2D eigenvalue weighted by molar-refractivity contribution is -0.156. The fraction of sp³-hybridized carbons (Fsp3) is 0.667. The van der Waals surface area contributed by atoms with Crippen molar-refractivity contribution in [1.29, 1.82) is 0 Å². The highest BCUT2D eigenvalue weighted by atomic mass is 16.5. The number of hydrogen-bond donors (Lipinski definition) is 2. The molecule has 0 aliphatic carbocycles. The van der Waals surface area contributed by atoms with Gasteiger partial charge in [0.2, 0.25) is 6.10 Å². The van der Waals surface area contributed by atoms with Crippen LogP contribution in [-0.2, 0) is 14.3 Å². The van der Waals surface area contributed by atoms with Crippen molar-refractivity contribution < 1.29 is 19.4 Å². The van der Waals surface area contributed by atoms with E-state index >= 15 is 0 Å². The first-order chi connectivity index (χ1) is 5.13. The van der Waals surface area contributed by atoms with E-state index < -0.39 is 17.9 Å². The second kappa shape index (κ2) is 4.81. The summed E-state index contributed by atoms with van der Waals surface area (Å²) < 4.78 is 4.36. The van der Waals surface area contributed by atoms with Gasteiger partial charge in [-0.05, 0) is 6.92 Å². The number of carbonyl (C=O) groups is 2. The number of esters is 1. The first-order valence-electron chi connectivity index (χ1n) is 3.21. The summed E-state index contributed by atoms with van der Waals surface area (Å²) in [4.78, 5) is 21.1. The summed E-state index contributed by atoms with van der Waals surface area (Å²) in [5.41, 5.74) is 4.89. The number of ether oxygens (including phenoxy) is 1. The average molecular weight is 161 g/mol. The van der Waals surface area contributed by atoms with Crippen LogP contribution in [0.25, 0.3) is 0 Å². The zero-order valence-electron chi connectivity index (χ0n) is 6.24. The van der Waals surface area contributed by atoms with E-state index in [0.29, 0.717) is 0 Å². The van der Waals surface area contributed by atoms with Gasteiger partial charge in [-0.1, -0.05) is 0 Å². The molecule has 0 aromatic rings. The summed E-state index contributed by atoms with van der Waals surface area (Å²) in [6, 6.07) is 0. The minimum atomic E-state index is -1.72. The molecule has 0 aromatic heterocycles. The van der Waals surface area contributed by atoms with Crippen molar-refractivity contribution in [2.45, 2.75) is 13.0 Å². The van der Waals surface area contributed by atoms with Gasteiger partial charge in [0.05, 0.1) is 13.2 Å². The summed E-state index contributed by atoms with van der Waals surface area (Å²) in [6.07, 6.45) is -1.72. The molecule has 0 fully saturated rings. The van der Waals surface area contributed by atoms with E-state index in [9.17, 15) is 9.59 Å². The second-order valence-corrected chi connectivity index (χ2v) is 1.83. The van der Waals surface area contributed by atoms with Crippen LogP contribution in [0.15, 0.2) is 0 Å². The van der Waals surface area contributed by atoms with Gasteiger partial charge < -0.3 is 15.6 Å². The number of hydrogen-bond acceptors (Lipinski definition) is 5. The van der Waals surface area contributed by atoms with Crippen molar-refractivity contribution in [3.63, 3.8) is 0 Å². The molecule has 5 nitrogen and oxygen atoms in total. The molecular formula is C6H11NO4. The van der Waals surface area contributed by atoms with Crippen molar-refractivity contribution in [3.05, 3.63) is 0 Å². The maximum Gasteiger partial charge on any atom is 0.342 e. The van der Waals surface area contributed by atoms with Crippen LogP contribution < -0.4 is 5.73 Å². The van der Waals surface area contributed by atoms with E-state index in [2.05, 4.69) is 4.74 Å². The molecule has 0 heterocycles. The van der Waals surface area contributed by atoms with Gasteiger partial charge in [0, 0.05) is 0 Å². The molecule has 0 saturated carbocycles. The van der Waals surface area contributed by atoms with Crippen LogP contribution in [0.5, 0.6) is 0 Å². The first kappa shape index (κ1) is 10.1. The Hall–Kier alpha value is -0.940. The predicted octanol–water partition coefficient (Wildman–Crippen LogP) is -1.56. The fourth-order valence-corrected chi connectivity index (χ4v) is 0.464. The highest BCUT2D eigenvalue weighted by molar-refractivity contribution is 6.02. The molecule has 0 rings (SSSR count). The molecule has 64 valence electrons. The molecule has 0 saturated heterocycles. The Bertz CT molecular complexity index is 157. The summed E-state index contributed by atoms with van der Waals surface area (Å²) in [5.74, 6) is -1.67. The number of Topliss-reactive ketones (excluding diaryl/α,β-unsaturated/α-hetero) is 1. The number of ketones is 1. The third kappa shape index (κ3) is 3.10. The Morgan fingerprint density at radius 1 is 1.64 bits per heavy atom. The van der Waals surface area contributed by atoms with Crippen LogP contribution in [0.4, 0.5) is 0 Å². The Labute approximate surface area is 64.1 Å². The summed E-state index contributed by atoms with van der Waals surface area (Å²) >= 11 is 0. The van der Waals surface area contributed by atoms with Crippen LogP contribution in [0.3, 0.4) is 0 Å². The van der Waals surface area contributed by atoms with Gasteiger partial charge in [-0.3, -0.25) is 4.79 Å². The molecule has 0 radical (unpaired) electrons. The molecule has 5 heteroatoms. The second-order valence-electron chi connectivity index (χ2n) is 1.83. The minimum Gasteiger partial charge on any atom is -0.464 e. The van der Waals surface area contributed by atoms with Gasteiger partial charge >= 0.3 is 5.97 Å². The molecular weight excluding hydrogens is 150 g/mol. The zero-order valence-corrected chi connectivity index (χ0v) is 6.24. The van der Waals surface area contributed by atoms with Gasteiger partial charge in [-0.15, -0.1) is 0 Å². The quantitative estimate of drug-likeness (QED) is 0.384. The largest absolute Gasteiger partial charge is 0.464 e. The smallest absolute Gasteiger partial charge is 0.342 e. The van der Waals surface area contributed by atoms with E-state index in [0.717, 1.165) is 0 Å². The summed E-state index contributed by atoms with van der Waals surface area (Å²) in [6.45, 7) is 1.35. The van der Waals surface area contributed by atoms with Gasteiger partial charge in [-0.25, -0.2) is 4.79 Å². The van der Waals surface area contributed by atoms with E-state index in [1.54, 1.807) is 6.92 Å². The molecule has 0 spiro atoms. The molecule has 1 atom stereocenters. The van der Waals surface area contributed by atoms with Crippen LogP contribution in [0, 0.1) is 0 Å². The van der Waals surface area contributed by atoms with Crippen molar-refractivity contribution in [1.82, 2.24) is 0 Å². The van der Waals surface area contributed by atoms with Crippen LogP contribution in [-0.4, -0.2) is 36.1 Å². The Kier molecular flexibility index (Phi) is 4.40. The molecule has 0 bridgehead atoms. The number of aliphatic hydroxyl groups excluding tert-OH is 1. The van der Waals surface area contributed by atoms with E-state index in [-0.39, 0.29) is 13.2 Å².